The van der Waals surface area contributed by atoms with Crippen LogP contribution >= 0.6 is 15.6 Å². The van der Waals surface area contributed by atoms with E-state index >= 15 is 0 Å². The van der Waals surface area contributed by atoms with Crippen molar-refractivity contribution in [2.75, 3.05) is 39.6 Å². The standard InChI is InChI=1S/C76H148O17P2/c1-7-10-12-14-16-18-19-20-21-22-23-24-25-26-27-28-29-30-35-42-48-54-60-75(80)92-72(65-87-74(79)59-53-47-41-34-32-31-33-38-44-50-56-68(4)5)67-91-95(84,85)89-63-70(77)62-88-94(82,83)90-66-71(64-86-73(78)58-52-46-40-17-15-13-11-8-2)93-76(81)61-55-49-43-37-36-39-45-51-57-69(6)9-3/h68-72,77H,7-67H2,1-6H3,(H,82,83)(H,84,85)/t69?,70-,71+,72+/m0/s1. The minimum Gasteiger partial charge on any atom is -0.462 e. The number of hydrogen-bond donors (Lipinski definition) is 3. The van der Waals surface area contributed by atoms with Crippen LogP contribution in [-0.4, -0.2) is 96.7 Å². The summed E-state index contributed by atoms with van der Waals surface area (Å²) in [5, 5.41) is 10.6. The molecule has 3 unspecified atom stereocenters. The highest BCUT2D eigenvalue weighted by Crippen LogP contribution is 2.45. The number of aliphatic hydroxyl groups excluding tert-OH is 1. The average Bonchev–Trinajstić information content (AvgIpc) is 3.05. The molecule has 0 saturated heterocycles. The van der Waals surface area contributed by atoms with E-state index in [0.717, 1.165) is 108 Å². The van der Waals surface area contributed by atoms with E-state index in [1.807, 2.05) is 0 Å². The fourth-order valence-corrected chi connectivity index (χ4v) is 13.2. The highest BCUT2D eigenvalue weighted by atomic mass is 31.2. The predicted molar refractivity (Wildman–Crippen MR) is 386 cm³/mol. The summed E-state index contributed by atoms with van der Waals surface area (Å²) in [5.74, 6) is -0.593. The van der Waals surface area contributed by atoms with E-state index in [0.29, 0.717) is 25.7 Å². The van der Waals surface area contributed by atoms with Crippen LogP contribution in [0.15, 0.2) is 0 Å². The number of unbranched alkanes of at least 4 members (excludes halogenated alkanes) is 44. The molecular weight excluding hydrogens is 1250 g/mol. The van der Waals surface area contributed by atoms with E-state index in [1.54, 1.807) is 0 Å². The summed E-state index contributed by atoms with van der Waals surface area (Å²) >= 11 is 0. The smallest absolute Gasteiger partial charge is 0.462 e. The fraction of sp³-hybridized carbons (Fsp3) is 0.947. The third-order valence-electron chi connectivity index (χ3n) is 18.1. The van der Waals surface area contributed by atoms with Crippen molar-refractivity contribution in [1.82, 2.24) is 0 Å². The van der Waals surface area contributed by atoms with Gasteiger partial charge in [0.05, 0.1) is 26.4 Å². The Hall–Kier alpha value is -1.94. The topological polar surface area (TPSA) is 237 Å². The molecule has 0 aliphatic heterocycles. The van der Waals surface area contributed by atoms with E-state index in [-0.39, 0.29) is 25.7 Å². The van der Waals surface area contributed by atoms with E-state index in [4.69, 9.17) is 37.0 Å². The number of esters is 4. The monoisotopic (exact) mass is 1400 g/mol. The quantitative estimate of drug-likeness (QED) is 0.0222. The van der Waals surface area contributed by atoms with Crippen molar-refractivity contribution in [1.29, 1.82) is 0 Å². The Morgan fingerprint density at radius 1 is 0.305 bits per heavy atom. The molecule has 0 fully saturated rings. The second kappa shape index (κ2) is 67.9. The summed E-state index contributed by atoms with van der Waals surface area (Å²) in [6, 6.07) is 0. The van der Waals surface area contributed by atoms with Crippen LogP contribution < -0.4 is 0 Å². The normalized spacial score (nSPS) is 14.3. The van der Waals surface area contributed by atoms with Gasteiger partial charge in [-0.25, -0.2) is 9.13 Å². The van der Waals surface area contributed by atoms with Crippen LogP contribution in [0.5, 0.6) is 0 Å². The number of carbonyl (C=O) groups excluding carboxylic acids is 4. The molecule has 19 heteroatoms. The van der Waals surface area contributed by atoms with Gasteiger partial charge in [-0.3, -0.25) is 37.3 Å². The maximum atomic E-state index is 13.1. The van der Waals surface area contributed by atoms with Gasteiger partial charge in [-0.15, -0.1) is 0 Å². The molecule has 6 atom stereocenters. The van der Waals surface area contributed by atoms with Crippen molar-refractivity contribution in [2.45, 2.75) is 413 Å². The first-order chi connectivity index (χ1) is 45.9. The first-order valence-electron chi connectivity index (χ1n) is 39.5. The van der Waals surface area contributed by atoms with E-state index in [9.17, 15) is 43.2 Å². The Morgan fingerprint density at radius 3 is 0.800 bits per heavy atom. The lowest BCUT2D eigenvalue weighted by Gasteiger charge is -2.21. The molecule has 0 aromatic carbocycles. The Labute approximate surface area is 581 Å². The second-order valence-corrected chi connectivity index (χ2v) is 31.0. The number of hydrogen-bond acceptors (Lipinski definition) is 15. The molecule has 0 aliphatic rings. The molecular formula is C76H148O17P2. The third-order valence-corrected chi connectivity index (χ3v) is 20.0. The van der Waals surface area contributed by atoms with Gasteiger partial charge in [0.1, 0.15) is 19.3 Å². The Morgan fingerprint density at radius 2 is 0.537 bits per heavy atom. The zero-order valence-electron chi connectivity index (χ0n) is 62.0. The molecule has 17 nitrogen and oxygen atoms in total. The van der Waals surface area contributed by atoms with Crippen molar-refractivity contribution in [2.24, 2.45) is 11.8 Å². The number of aliphatic hydroxyl groups is 1. The molecule has 0 spiro atoms. The third kappa shape index (κ3) is 69.0. The van der Waals surface area contributed by atoms with Gasteiger partial charge < -0.3 is 33.8 Å². The van der Waals surface area contributed by atoms with E-state index in [2.05, 4.69) is 41.5 Å². The van der Waals surface area contributed by atoms with Gasteiger partial charge in [-0.05, 0) is 37.5 Å². The summed E-state index contributed by atoms with van der Waals surface area (Å²) in [6.07, 6.45) is 55.7. The van der Waals surface area contributed by atoms with Crippen LogP contribution in [0.2, 0.25) is 0 Å². The summed E-state index contributed by atoms with van der Waals surface area (Å²) in [4.78, 5) is 72.7. The van der Waals surface area contributed by atoms with Gasteiger partial charge >= 0.3 is 39.5 Å². The van der Waals surface area contributed by atoms with Crippen LogP contribution in [0.3, 0.4) is 0 Å². The van der Waals surface area contributed by atoms with E-state index < -0.39 is 97.5 Å². The lowest BCUT2D eigenvalue weighted by Crippen LogP contribution is -2.30. The minimum absolute atomic E-state index is 0.105. The summed E-state index contributed by atoms with van der Waals surface area (Å²) in [6.45, 7) is 9.55. The number of rotatable bonds is 75. The maximum Gasteiger partial charge on any atom is 0.472 e. The molecule has 0 bridgehead atoms. The second-order valence-electron chi connectivity index (χ2n) is 28.1. The SMILES string of the molecule is CCCCCCCCCCCCCCCCCCCCCCCCC(=O)O[C@H](COC(=O)CCCCCCCCCCCCC(C)C)COP(=O)(O)OC[C@@H](O)COP(=O)(O)OC[C@@H](COC(=O)CCCCCCCCCC)OC(=O)CCCCCCCCCCC(C)CC. The first-order valence-corrected chi connectivity index (χ1v) is 42.5. The number of carbonyl (C=O) groups is 4. The lowest BCUT2D eigenvalue weighted by molar-refractivity contribution is -0.161. The molecule has 564 valence electrons. The molecule has 0 heterocycles. The molecule has 0 aromatic heterocycles. The zero-order valence-corrected chi connectivity index (χ0v) is 63.8. The van der Waals surface area contributed by atoms with Crippen molar-refractivity contribution >= 4 is 39.5 Å². The molecule has 0 aromatic rings. The van der Waals surface area contributed by atoms with Gasteiger partial charge in [0.25, 0.3) is 0 Å². The number of phosphoric acid groups is 2. The number of phosphoric ester groups is 2. The van der Waals surface area contributed by atoms with Crippen LogP contribution in [0, 0.1) is 11.8 Å². The van der Waals surface area contributed by atoms with Crippen LogP contribution in [-0.2, 0) is 65.4 Å². The van der Waals surface area contributed by atoms with Crippen LogP contribution in [0.4, 0.5) is 0 Å². The van der Waals surface area contributed by atoms with Gasteiger partial charge in [0.15, 0.2) is 12.2 Å². The highest BCUT2D eigenvalue weighted by molar-refractivity contribution is 7.47. The van der Waals surface area contributed by atoms with Gasteiger partial charge in [0.2, 0.25) is 0 Å². The number of ether oxygens (including phenoxy) is 4. The highest BCUT2D eigenvalue weighted by Gasteiger charge is 2.30. The van der Waals surface area contributed by atoms with Gasteiger partial charge in [-0.2, -0.15) is 0 Å². The summed E-state index contributed by atoms with van der Waals surface area (Å²) in [7, 11) is -9.91. The average molecular weight is 1400 g/mol. The first kappa shape index (κ1) is 93.1. The van der Waals surface area contributed by atoms with Crippen LogP contribution in [0.25, 0.3) is 0 Å². The van der Waals surface area contributed by atoms with Crippen LogP contribution in [0.1, 0.15) is 395 Å². The summed E-state index contributed by atoms with van der Waals surface area (Å²) < 4.78 is 68.4. The molecule has 0 radical (unpaired) electrons. The fourth-order valence-electron chi connectivity index (χ4n) is 11.6. The Kier molecular flexibility index (Phi) is 66.5. The summed E-state index contributed by atoms with van der Waals surface area (Å²) in [5.41, 5.74) is 0. The predicted octanol–water partition coefficient (Wildman–Crippen LogP) is 22.3. The van der Waals surface area contributed by atoms with Crippen molar-refractivity contribution in [3.8, 4) is 0 Å². The zero-order chi connectivity index (χ0) is 70.0. The van der Waals surface area contributed by atoms with Gasteiger partial charge in [-0.1, -0.05) is 343 Å². The van der Waals surface area contributed by atoms with Crippen molar-refractivity contribution < 1.29 is 80.2 Å². The van der Waals surface area contributed by atoms with Crippen molar-refractivity contribution in [3.63, 3.8) is 0 Å². The maximum absolute atomic E-state index is 13.1. The lowest BCUT2D eigenvalue weighted by atomic mass is 9.99. The molecule has 0 amide bonds. The van der Waals surface area contributed by atoms with Gasteiger partial charge in [0, 0.05) is 25.7 Å². The molecule has 3 N–H and O–H groups in total. The Bertz CT molecular complexity index is 1840. The molecule has 95 heavy (non-hydrogen) atoms. The van der Waals surface area contributed by atoms with E-state index in [1.165, 1.54) is 205 Å². The molecule has 0 rings (SSSR count). The molecule has 0 aliphatic carbocycles. The minimum atomic E-state index is -4.96. The largest absolute Gasteiger partial charge is 0.472 e. The molecule has 0 saturated carbocycles. The Balaban J connectivity index is 5.16. The van der Waals surface area contributed by atoms with Crippen molar-refractivity contribution in [3.05, 3.63) is 0 Å².